The van der Waals surface area contributed by atoms with Crippen molar-refractivity contribution in [2.75, 3.05) is 13.1 Å². The van der Waals surface area contributed by atoms with Crippen molar-refractivity contribution in [3.8, 4) is 0 Å². The molecule has 0 spiro atoms. The first-order chi connectivity index (χ1) is 5.51. The van der Waals surface area contributed by atoms with E-state index in [-0.39, 0.29) is 6.54 Å². The Kier molecular flexibility index (Phi) is 2.59. The topological polar surface area (TPSA) is 20.3 Å². The van der Waals surface area contributed by atoms with Gasteiger partial charge in [-0.1, -0.05) is 0 Å². The summed E-state index contributed by atoms with van der Waals surface area (Å²) >= 11 is 0. The molecule has 0 aliphatic carbocycles. The van der Waals surface area contributed by atoms with Crippen LogP contribution in [0.15, 0.2) is 0 Å². The molecule has 0 aromatic carbocycles. The number of hydrogen-bond donors (Lipinski definition) is 0. The first-order valence-corrected chi connectivity index (χ1v) is 3.77. The van der Waals surface area contributed by atoms with E-state index >= 15 is 0 Å². The van der Waals surface area contributed by atoms with Crippen LogP contribution in [0.1, 0.15) is 12.8 Å². The van der Waals surface area contributed by atoms with Gasteiger partial charge in [0.15, 0.2) is 0 Å². The van der Waals surface area contributed by atoms with E-state index in [1.165, 1.54) is 4.90 Å². The lowest BCUT2D eigenvalue weighted by molar-refractivity contribution is -0.144. The minimum absolute atomic E-state index is 0.253. The van der Waals surface area contributed by atoms with Crippen LogP contribution < -0.4 is 0 Å². The third-order valence-corrected chi connectivity index (χ3v) is 1.99. The molecule has 1 atom stereocenters. The van der Waals surface area contributed by atoms with E-state index < -0.39 is 18.5 Å². The zero-order valence-electron chi connectivity index (χ0n) is 6.47. The second-order valence-corrected chi connectivity index (χ2v) is 3.07. The lowest BCUT2D eigenvalue weighted by Gasteiger charge is -2.12. The standard InChI is InChI=1S/C7H10F3NO/c8-7(9,10)3-6-1-2-11(4-6)5-12/h5-6H,1-4H2/t6-/m0/s1. The predicted octanol–water partition coefficient (Wildman–Crippen LogP) is 1.42. The van der Waals surface area contributed by atoms with Crippen LogP contribution in [0.2, 0.25) is 0 Å². The summed E-state index contributed by atoms with van der Waals surface area (Å²) in [6, 6.07) is 0. The number of nitrogens with zero attached hydrogens (tertiary/aromatic N) is 1. The first-order valence-electron chi connectivity index (χ1n) is 3.77. The minimum atomic E-state index is -4.09. The number of hydrogen-bond acceptors (Lipinski definition) is 1. The maximum atomic E-state index is 11.8. The fourth-order valence-electron chi connectivity index (χ4n) is 1.45. The molecule has 1 heterocycles. The van der Waals surface area contributed by atoms with Crippen molar-refractivity contribution in [1.82, 2.24) is 4.90 Å². The Balaban J connectivity index is 2.33. The molecule has 1 aliphatic rings. The summed E-state index contributed by atoms with van der Waals surface area (Å²) in [6.07, 6.45) is -3.78. The summed E-state index contributed by atoms with van der Waals surface area (Å²) in [5, 5.41) is 0. The maximum absolute atomic E-state index is 11.8. The molecule has 2 nitrogen and oxygen atoms in total. The summed E-state index contributed by atoms with van der Waals surface area (Å²) < 4.78 is 35.5. The molecular formula is C7H10F3NO. The zero-order valence-corrected chi connectivity index (χ0v) is 6.47. The van der Waals surface area contributed by atoms with Crippen molar-refractivity contribution < 1.29 is 18.0 Å². The van der Waals surface area contributed by atoms with E-state index in [1.54, 1.807) is 0 Å². The van der Waals surface area contributed by atoms with Crippen LogP contribution in [0.4, 0.5) is 13.2 Å². The van der Waals surface area contributed by atoms with E-state index in [9.17, 15) is 18.0 Å². The van der Waals surface area contributed by atoms with E-state index in [4.69, 9.17) is 0 Å². The van der Waals surface area contributed by atoms with Gasteiger partial charge in [-0.25, -0.2) is 0 Å². The molecule has 0 radical (unpaired) electrons. The van der Waals surface area contributed by atoms with E-state index in [2.05, 4.69) is 0 Å². The van der Waals surface area contributed by atoms with Gasteiger partial charge >= 0.3 is 6.18 Å². The number of alkyl halides is 3. The van der Waals surface area contributed by atoms with Crippen molar-refractivity contribution in [2.24, 2.45) is 5.92 Å². The molecule has 0 bridgehead atoms. The molecule has 1 rings (SSSR count). The second kappa shape index (κ2) is 3.33. The molecule has 1 amide bonds. The van der Waals surface area contributed by atoms with E-state index in [0.717, 1.165) is 0 Å². The Bertz CT molecular complexity index is 169. The van der Waals surface area contributed by atoms with Crippen LogP contribution in [0.25, 0.3) is 0 Å². The number of rotatable bonds is 2. The fraction of sp³-hybridized carbons (Fsp3) is 0.857. The minimum Gasteiger partial charge on any atom is -0.345 e. The highest BCUT2D eigenvalue weighted by atomic mass is 19.4. The van der Waals surface area contributed by atoms with Gasteiger partial charge < -0.3 is 4.90 Å². The molecule has 5 heteroatoms. The normalized spacial score (nSPS) is 24.6. The predicted molar refractivity (Wildman–Crippen MR) is 36.4 cm³/mol. The quantitative estimate of drug-likeness (QED) is 0.590. The highest BCUT2D eigenvalue weighted by Gasteiger charge is 2.34. The molecule has 0 unspecified atom stereocenters. The molecule has 1 saturated heterocycles. The van der Waals surface area contributed by atoms with Crippen LogP contribution in [0, 0.1) is 5.92 Å². The van der Waals surface area contributed by atoms with Gasteiger partial charge in [-0.05, 0) is 12.3 Å². The molecule has 1 fully saturated rings. The van der Waals surface area contributed by atoms with Gasteiger partial charge in [0, 0.05) is 19.5 Å². The number of amides is 1. The third-order valence-electron chi connectivity index (χ3n) is 1.99. The van der Waals surface area contributed by atoms with Crippen molar-refractivity contribution in [1.29, 1.82) is 0 Å². The Morgan fingerprint density at radius 1 is 1.50 bits per heavy atom. The van der Waals surface area contributed by atoms with Gasteiger partial charge in [0.25, 0.3) is 0 Å². The van der Waals surface area contributed by atoms with Crippen molar-refractivity contribution >= 4 is 6.41 Å². The largest absolute Gasteiger partial charge is 0.389 e. The molecule has 0 aromatic rings. The van der Waals surface area contributed by atoms with Crippen LogP contribution in [-0.2, 0) is 4.79 Å². The van der Waals surface area contributed by atoms with Gasteiger partial charge in [-0.3, -0.25) is 4.79 Å². The highest BCUT2D eigenvalue weighted by molar-refractivity contribution is 5.47. The maximum Gasteiger partial charge on any atom is 0.389 e. The fourth-order valence-corrected chi connectivity index (χ4v) is 1.45. The Morgan fingerprint density at radius 2 is 2.17 bits per heavy atom. The van der Waals surface area contributed by atoms with Crippen LogP contribution in [0.5, 0.6) is 0 Å². The third kappa shape index (κ3) is 2.71. The Morgan fingerprint density at radius 3 is 2.58 bits per heavy atom. The molecular weight excluding hydrogens is 171 g/mol. The Hall–Kier alpha value is -0.740. The van der Waals surface area contributed by atoms with Crippen molar-refractivity contribution in [2.45, 2.75) is 19.0 Å². The number of likely N-dealkylation sites (tertiary alicyclic amines) is 1. The zero-order chi connectivity index (χ0) is 9.19. The summed E-state index contributed by atoms with van der Waals surface area (Å²) in [7, 11) is 0. The monoisotopic (exact) mass is 181 g/mol. The van der Waals surface area contributed by atoms with Crippen molar-refractivity contribution in [3.63, 3.8) is 0 Å². The summed E-state index contributed by atoms with van der Waals surface area (Å²) in [5.74, 6) is -0.393. The first kappa shape index (κ1) is 9.35. The SMILES string of the molecule is O=CN1CC[C@@H](CC(F)(F)F)C1. The van der Waals surface area contributed by atoms with E-state index in [0.29, 0.717) is 19.4 Å². The van der Waals surface area contributed by atoms with Crippen LogP contribution in [-0.4, -0.2) is 30.6 Å². The summed E-state index contributed by atoms with van der Waals surface area (Å²) in [4.78, 5) is 11.5. The number of carbonyl (C=O) groups is 1. The Labute approximate surface area is 68.3 Å². The van der Waals surface area contributed by atoms with Crippen LogP contribution >= 0.6 is 0 Å². The van der Waals surface area contributed by atoms with Gasteiger partial charge in [-0.2, -0.15) is 13.2 Å². The van der Waals surface area contributed by atoms with Crippen LogP contribution in [0.3, 0.4) is 0 Å². The lowest BCUT2D eigenvalue weighted by atomic mass is 10.1. The molecule has 0 N–H and O–H groups in total. The molecule has 0 saturated carbocycles. The molecule has 0 aromatic heterocycles. The number of carbonyl (C=O) groups excluding carboxylic acids is 1. The summed E-state index contributed by atoms with van der Waals surface area (Å²) in [5.41, 5.74) is 0. The molecule has 70 valence electrons. The van der Waals surface area contributed by atoms with Gasteiger partial charge in [0.2, 0.25) is 6.41 Å². The smallest absolute Gasteiger partial charge is 0.345 e. The highest BCUT2D eigenvalue weighted by Crippen LogP contribution is 2.29. The second-order valence-electron chi connectivity index (χ2n) is 3.07. The summed E-state index contributed by atoms with van der Waals surface area (Å²) in [6.45, 7) is 0.716. The van der Waals surface area contributed by atoms with Gasteiger partial charge in [0.05, 0.1) is 0 Å². The lowest BCUT2D eigenvalue weighted by Crippen LogP contribution is -2.21. The molecule has 1 aliphatic heterocycles. The average Bonchev–Trinajstić information content (AvgIpc) is 2.32. The number of halogens is 3. The van der Waals surface area contributed by atoms with Gasteiger partial charge in [0.1, 0.15) is 0 Å². The van der Waals surface area contributed by atoms with Gasteiger partial charge in [-0.15, -0.1) is 0 Å². The molecule has 12 heavy (non-hydrogen) atoms. The average molecular weight is 181 g/mol. The van der Waals surface area contributed by atoms with Crippen molar-refractivity contribution in [3.05, 3.63) is 0 Å². The van der Waals surface area contributed by atoms with E-state index in [1.807, 2.05) is 0 Å².